The average Bonchev–Trinajstić information content (AvgIpc) is 3.72. The Bertz CT molecular complexity index is 1900. The van der Waals surface area contributed by atoms with Gasteiger partial charge in [-0.1, -0.05) is 60.4 Å². The van der Waals surface area contributed by atoms with Crippen molar-refractivity contribution in [3.63, 3.8) is 0 Å². The number of aromatic nitrogens is 4. The minimum atomic E-state index is -0.275. The fourth-order valence-electron chi connectivity index (χ4n) is 6.25. The standard InChI is InChI=1S/C36H40N4O4.ClH.In/c1-9-23-19(3)27-15-28-21(5)25(11-13-35(41)43-7)33(39-28)18-34-26(12-14-36(42)44-8)22(6)30(40-34)17-32-24(10-2)20(4)29(38-32)16-31(23)37-27;;/h15-18H,9-14H2,1-8H3;1H;/q-2;;+1/p-1. The Morgan fingerprint density at radius 1 is 0.652 bits per heavy atom. The third kappa shape index (κ3) is 7.15. The molecule has 5 rings (SSSR count). The molecule has 3 aromatic heterocycles. The van der Waals surface area contributed by atoms with Gasteiger partial charge in [-0.3, -0.25) is 9.59 Å². The van der Waals surface area contributed by atoms with Crippen molar-refractivity contribution in [1.82, 2.24) is 19.9 Å². The summed E-state index contributed by atoms with van der Waals surface area (Å²) in [4.78, 5) is 44.6. The van der Waals surface area contributed by atoms with Gasteiger partial charge in [0.15, 0.2) is 0 Å². The van der Waals surface area contributed by atoms with Crippen molar-refractivity contribution in [3.8, 4) is 0 Å². The van der Waals surface area contributed by atoms with E-state index in [0.29, 0.717) is 12.8 Å². The van der Waals surface area contributed by atoms with E-state index in [9.17, 15) is 9.59 Å². The molecule has 2 radical (unpaired) electrons. The van der Waals surface area contributed by atoms with Gasteiger partial charge in [-0.15, -0.1) is 22.1 Å². The summed E-state index contributed by atoms with van der Waals surface area (Å²) >= 11 is 0.822. The number of fused-ring (bicyclic) bond motifs is 8. The van der Waals surface area contributed by atoms with E-state index in [-0.39, 0.29) is 24.8 Å². The van der Waals surface area contributed by atoms with Crippen molar-refractivity contribution in [2.24, 2.45) is 0 Å². The van der Waals surface area contributed by atoms with E-state index in [4.69, 9.17) is 38.0 Å². The summed E-state index contributed by atoms with van der Waals surface area (Å²) in [6.07, 6.45) is 3.12. The zero-order valence-electron chi connectivity index (χ0n) is 27.9. The molecule has 8 bridgehead atoms. The molecule has 5 heterocycles. The van der Waals surface area contributed by atoms with Gasteiger partial charge in [-0.05, 0) is 75.7 Å². The Balaban J connectivity index is 0.00000235. The number of rotatable bonds is 8. The van der Waals surface area contributed by atoms with Gasteiger partial charge in [0.25, 0.3) is 0 Å². The first-order chi connectivity index (χ1) is 22.1. The summed E-state index contributed by atoms with van der Waals surface area (Å²) < 4.78 is 9.89. The Morgan fingerprint density at radius 3 is 1.63 bits per heavy atom. The zero-order chi connectivity index (χ0) is 33.7. The van der Waals surface area contributed by atoms with Gasteiger partial charge in [0.05, 0.1) is 37.0 Å². The fourth-order valence-corrected chi connectivity index (χ4v) is 6.25. The molecule has 0 unspecified atom stereocenters. The molecule has 10 heteroatoms. The van der Waals surface area contributed by atoms with Gasteiger partial charge in [0.1, 0.15) is 0 Å². The monoisotopic (exact) mass is 742 g/mol. The SMILES string of the molecule is CCC1=C(C)c2cc3[n-]c(cc4nc(cc5[n-]c(cc1n2)c(C)c5CCC(=O)OC)C(CCC(=O)OC)=C4C)c(C)c3CC.[Cl][In]. The van der Waals surface area contributed by atoms with Crippen LogP contribution in [0.5, 0.6) is 0 Å². The van der Waals surface area contributed by atoms with Crippen molar-refractivity contribution in [2.45, 2.75) is 80.1 Å². The third-order valence-electron chi connectivity index (χ3n) is 8.96. The molecular weight excluding hydrogens is 703 g/mol. The first-order valence-electron chi connectivity index (χ1n) is 15.5. The van der Waals surface area contributed by atoms with Crippen LogP contribution in [0.15, 0.2) is 24.3 Å². The Labute approximate surface area is 289 Å². The third-order valence-corrected chi connectivity index (χ3v) is 8.96. The van der Waals surface area contributed by atoms with Gasteiger partial charge >= 0.3 is 43.7 Å². The minimum absolute atomic E-state index is 0.238. The first kappa shape index (κ1) is 35.6. The number of halogens is 1. The Kier molecular flexibility index (Phi) is 12.0. The number of aryl methyl sites for hydroxylation is 4. The van der Waals surface area contributed by atoms with Gasteiger partial charge in [0.2, 0.25) is 0 Å². The van der Waals surface area contributed by atoms with Crippen molar-refractivity contribution in [3.05, 3.63) is 69.3 Å². The topological polar surface area (TPSA) is 107 Å². The zero-order valence-corrected chi connectivity index (χ0v) is 32.0. The number of esters is 2. The number of nitrogens with zero attached hydrogens (tertiary/aromatic N) is 4. The number of allylic oxidation sites excluding steroid dienone is 4. The van der Waals surface area contributed by atoms with Crippen LogP contribution in [0.3, 0.4) is 0 Å². The number of ether oxygens (including phenoxy) is 2. The predicted molar refractivity (Wildman–Crippen MR) is 186 cm³/mol. The van der Waals surface area contributed by atoms with Crippen LogP contribution < -0.4 is 9.97 Å². The van der Waals surface area contributed by atoms with Crippen molar-refractivity contribution < 1.29 is 19.1 Å². The second-order valence-corrected chi connectivity index (χ2v) is 11.4. The summed E-state index contributed by atoms with van der Waals surface area (Å²) in [5.41, 5.74) is 15.3. The number of carbonyl (C=O) groups excluding carboxylic acids is 2. The molecule has 2 aliphatic rings. The molecule has 0 aromatic carbocycles. The molecule has 240 valence electrons. The van der Waals surface area contributed by atoms with Crippen LogP contribution in [0.2, 0.25) is 0 Å². The quantitative estimate of drug-likeness (QED) is 0.220. The van der Waals surface area contributed by atoms with Crippen molar-refractivity contribution in [2.75, 3.05) is 14.2 Å². The maximum atomic E-state index is 12.2. The summed E-state index contributed by atoms with van der Waals surface area (Å²) in [6.45, 7) is 12.6. The van der Waals surface area contributed by atoms with Crippen LogP contribution >= 0.6 is 8.58 Å². The molecule has 0 aliphatic carbocycles. The number of hydrogen-bond acceptors (Lipinski definition) is 6. The molecule has 0 saturated carbocycles. The average molecular weight is 743 g/mol. The van der Waals surface area contributed by atoms with Crippen LogP contribution in [0, 0.1) is 13.8 Å². The molecule has 0 saturated heterocycles. The molecule has 0 spiro atoms. The normalized spacial score (nSPS) is 12.6. The second-order valence-electron chi connectivity index (χ2n) is 11.4. The molecule has 0 amide bonds. The molecule has 3 aromatic rings. The maximum absolute atomic E-state index is 12.2. The summed E-state index contributed by atoms with van der Waals surface area (Å²) in [7, 11) is 7.57. The van der Waals surface area contributed by atoms with Gasteiger partial charge < -0.3 is 19.4 Å². The second kappa shape index (κ2) is 15.5. The van der Waals surface area contributed by atoms with E-state index < -0.39 is 0 Å². The number of carbonyl (C=O) groups is 2. The number of hydrogen-bond donors (Lipinski definition) is 0. The molecule has 2 aliphatic heterocycles. The van der Waals surface area contributed by atoms with Crippen molar-refractivity contribution in [1.29, 1.82) is 0 Å². The van der Waals surface area contributed by atoms with Gasteiger partial charge in [-0.25, -0.2) is 9.97 Å². The predicted octanol–water partition coefficient (Wildman–Crippen LogP) is 7.39. The van der Waals surface area contributed by atoms with Crippen LogP contribution in [0.1, 0.15) is 98.4 Å². The Morgan fingerprint density at radius 2 is 1.09 bits per heavy atom. The molecule has 0 atom stereocenters. The van der Waals surface area contributed by atoms with Crippen LogP contribution in [0.25, 0.3) is 44.4 Å². The summed E-state index contributed by atoms with van der Waals surface area (Å²) in [5, 5.41) is 0. The molecule has 8 nitrogen and oxygen atoms in total. The van der Waals surface area contributed by atoms with Crippen molar-refractivity contribution >= 4 is 88.1 Å². The molecule has 0 N–H and O–H groups in total. The van der Waals surface area contributed by atoms with E-state index in [1.165, 1.54) is 25.4 Å². The summed E-state index contributed by atoms with van der Waals surface area (Å²) in [5.74, 6) is -0.550. The van der Waals surface area contributed by atoms with E-state index in [0.717, 1.165) is 114 Å². The summed E-state index contributed by atoms with van der Waals surface area (Å²) in [6, 6.07) is 8.19. The van der Waals surface area contributed by atoms with Crippen LogP contribution in [0.4, 0.5) is 0 Å². The van der Waals surface area contributed by atoms with E-state index >= 15 is 0 Å². The number of methoxy groups -OCH3 is 2. The van der Waals surface area contributed by atoms with E-state index in [2.05, 4.69) is 39.8 Å². The first-order valence-corrected chi connectivity index (χ1v) is 19.7. The van der Waals surface area contributed by atoms with Crippen LogP contribution in [-0.2, 0) is 31.9 Å². The van der Waals surface area contributed by atoms with E-state index in [1.807, 2.05) is 26.0 Å². The van der Waals surface area contributed by atoms with Gasteiger partial charge in [0, 0.05) is 12.8 Å². The van der Waals surface area contributed by atoms with Crippen LogP contribution in [-0.4, -0.2) is 59.3 Å². The van der Waals surface area contributed by atoms with E-state index in [1.54, 1.807) is 0 Å². The molecule has 46 heavy (non-hydrogen) atoms. The van der Waals surface area contributed by atoms with Gasteiger partial charge in [-0.2, -0.15) is 0 Å². The Hall–Kier alpha value is -3.30. The molecular formula is C36H40ClInN4O4-2. The molecule has 0 fully saturated rings. The fraction of sp³-hybridized carbons (Fsp3) is 0.389.